The first-order valence-corrected chi connectivity index (χ1v) is 14.9. The van der Waals surface area contributed by atoms with Crippen molar-refractivity contribution in [1.82, 2.24) is 14.8 Å². The van der Waals surface area contributed by atoms with Crippen molar-refractivity contribution >= 4 is 39.3 Å². The topological polar surface area (TPSA) is 69.0 Å². The Morgan fingerprint density at radius 2 is 1.89 bits per heavy atom. The number of rotatable bonds is 9. The normalized spacial score (nSPS) is 14.2. The predicted octanol–water partition coefficient (Wildman–Crippen LogP) is 7.90. The Morgan fingerprint density at radius 3 is 2.62 bits per heavy atom. The van der Waals surface area contributed by atoms with E-state index in [0.29, 0.717) is 18.6 Å². The van der Waals surface area contributed by atoms with Crippen LogP contribution in [-0.2, 0) is 11.4 Å². The fraction of sp³-hybridized carbons (Fsp3) is 0.483. The number of carbonyl (C=O) groups is 1. The summed E-state index contributed by atoms with van der Waals surface area (Å²) < 4.78 is 9.68. The number of aromatic nitrogens is 3. The first kappa shape index (κ1) is 27.7. The first-order valence-electron chi connectivity index (χ1n) is 13.1. The van der Waals surface area contributed by atoms with Crippen LogP contribution in [0.1, 0.15) is 86.0 Å². The zero-order valence-corrected chi connectivity index (χ0v) is 24.8. The maximum absolute atomic E-state index is 12.8. The summed E-state index contributed by atoms with van der Waals surface area (Å²) in [6.07, 6.45) is 5.86. The molecule has 0 saturated heterocycles. The van der Waals surface area contributed by atoms with E-state index in [4.69, 9.17) is 4.74 Å². The van der Waals surface area contributed by atoms with E-state index in [1.165, 1.54) is 36.6 Å². The molecule has 1 aliphatic rings. The molecule has 3 aromatic rings. The number of nitrogens with zero attached hydrogens (tertiary/aromatic N) is 3. The van der Waals surface area contributed by atoms with Gasteiger partial charge in [-0.2, -0.15) is 0 Å². The Morgan fingerprint density at radius 1 is 1.14 bits per heavy atom. The highest BCUT2D eigenvalue weighted by atomic mass is 79.9. The highest BCUT2D eigenvalue weighted by Crippen LogP contribution is 2.35. The number of anilines is 1. The third kappa shape index (κ3) is 6.77. The number of hydrogen-bond donors (Lipinski definition) is 1. The Bertz CT molecular complexity index is 1250. The molecule has 1 aromatic heterocycles. The van der Waals surface area contributed by atoms with Gasteiger partial charge in [0, 0.05) is 16.2 Å². The van der Waals surface area contributed by atoms with Gasteiger partial charge in [0.25, 0.3) is 0 Å². The van der Waals surface area contributed by atoms with Crippen LogP contribution < -0.4 is 10.1 Å². The van der Waals surface area contributed by atoms with Crippen LogP contribution in [0.4, 0.5) is 5.69 Å². The fourth-order valence-corrected chi connectivity index (χ4v) is 5.99. The summed E-state index contributed by atoms with van der Waals surface area (Å²) >= 11 is 5.10. The predicted molar refractivity (Wildman–Crippen MR) is 155 cm³/mol. The monoisotopic (exact) mass is 584 g/mol. The second-order valence-corrected chi connectivity index (χ2v) is 12.0. The zero-order chi connectivity index (χ0) is 26.5. The Kier molecular flexibility index (Phi) is 9.35. The van der Waals surface area contributed by atoms with E-state index in [2.05, 4.69) is 81.9 Å². The van der Waals surface area contributed by atoms with Crippen LogP contribution >= 0.6 is 27.7 Å². The first-order chi connectivity index (χ1) is 17.7. The Hall–Kier alpha value is -2.32. The summed E-state index contributed by atoms with van der Waals surface area (Å²) in [5, 5.41) is 12.9. The molecule has 198 valence electrons. The molecular formula is C29H37BrN4O2S. The highest BCUT2D eigenvalue weighted by Gasteiger charge is 2.24. The van der Waals surface area contributed by atoms with E-state index >= 15 is 0 Å². The van der Waals surface area contributed by atoms with E-state index in [1.54, 1.807) is 0 Å². The number of amides is 1. The van der Waals surface area contributed by atoms with Gasteiger partial charge in [-0.05, 0) is 80.0 Å². The van der Waals surface area contributed by atoms with Gasteiger partial charge in [0.2, 0.25) is 5.91 Å². The maximum atomic E-state index is 12.8. The number of ether oxygens (including phenoxy) is 1. The van der Waals surface area contributed by atoms with Crippen molar-refractivity contribution in [3.8, 4) is 5.75 Å². The molecule has 0 atom stereocenters. The van der Waals surface area contributed by atoms with Crippen molar-refractivity contribution in [1.29, 1.82) is 0 Å². The summed E-state index contributed by atoms with van der Waals surface area (Å²) in [4.78, 5) is 12.8. The number of benzene rings is 2. The molecule has 0 aliphatic heterocycles. The Labute approximate surface area is 233 Å². The molecule has 37 heavy (non-hydrogen) atoms. The van der Waals surface area contributed by atoms with Crippen molar-refractivity contribution in [2.75, 3.05) is 11.1 Å². The van der Waals surface area contributed by atoms with Gasteiger partial charge in [-0.25, -0.2) is 0 Å². The van der Waals surface area contributed by atoms with E-state index in [0.717, 1.165) is 56.4 Å². The van der Waals surface area contributed by atoms with E-state index in [1.807, 2.05) is 19.1 Å². The van der Waals surface area contributed by atoms with Crippen LogP contribution in [-0.4, -0.2) is 26.4 Å². The SMILES string of the molecule is Cc1cc(OCc2nnc(SCC(=O)Nc3cccc(C)c3C)n2C2CCCCC2)c(C(C)C)cc1Br. The average Bonchev–Trinajstić information content (AvgIpc) is 3.29. The third-order valence-electron chi connectivity index (χ3n) is 7.16. The van der Waals surface area contributed by atoms with E-state index < -0.39 is 0 Å². The minimum atomic E-state index is -0.0402. The second-order valence-electron chi connectivity index (χ2n) is 10.2. The number of halogens is 1. The summed E-state index contributed by atoms with van der Waals surface area (Å²) in [5.74, 6) is 2.28. The molecule has 2 aromatic carbocycles. The lowest BCUT2D eigenvalue weighted by molar-refractivity contribution is -0.113. The molecule has 1 aliphatic carbocycles. The standard InChI is InChI=1S/C29H37BrN4O2S/c1-18(2)23-15-24(30)20(4)14-26(23)36-16-27-32-33-29(34(27)22-11-7-6-8-12-22)37-17-28(35)31-25-13-9-10-19(3)21(25)5/h9-10,13-15,18,22H,6-8,11-12,16-17H2,1-5H3,(H,31,35). The molecule has 1 heterocycles. The van der Waals surface area contributed by atoms with Gasteiger partial charge in [0.1, 0.15) is 12.4 Å². The number of hydrogen-bond acceptors (Lipinski definition) is 5. The zero-order valence-electron chi connectivity index (χ0n) is 22.4. The van der Waals surface area contributed by atoms with Gasteiger partial charge in [0.05, 0.1) is 5.75 Å². The van der Waals surface area contributed by atoms with Gasteiger partial charge >= 0.3 is 0 Å². The summed E-state index contributed by atoms with van der Waals surface area (Å²) in [7, 11) is 0. The molecule has 1 amide bonds. The minimum absolute atomic E-state index is 0.0402. The molecule has 6 nitrogen and oxygen atoms in total. The fourth-order valence-electron chi connectivity index (χ4n) is 4.80. The van der Waals surface area contributed by atoms with E-state index in [9.17, 15) is 4.79 Å². The number of carbonyl (C=O) groups excluding carboxylic acids is 1. The lowest BCUT2D eigenvalue weighted by Crippen LogP contribution is -2.19. The lowest BCUT2D eigenvalue weighted by Gasteiger charge is -2.25. The molecule has 0 spiro atoms. The Balaban J connectivity index is 1.51. The molecule has 4 rings (SSSR count). The largest absolute Gasteiger partial charge is 0.485 e. The molecular weight excluding hydrogens is 548 g/mol. The van der Waals surface area contributed by atoms with Gasteiger partial charge in [-0.3, -0.25) is 9.36 Å². The van der Waals surface area contributed by atoms with Crippen LogP contribution in [0.3, 0.4) is 0 Å². The van der Waals surface area contributed by atoms with E-state index in [-0.39, 0.29) is 11.7 Å². The van der Waals surface area contributed by atoms with Crippen LogP contribution in [0.15, 0.2) is 40.0 Å². The highest BCUT2D eigenvalue weighted by molar-refractivity contribution is 9.10. The molecule has 8 heteroatoms. The third-order valence-corrected chi connectivity index (χ3v) is 8.95. The van der Waals surface area contributed by atoms with Gasteiger partial charge < -0.3 is 10.1 Å². The van der Waals surface area contributed by atoms with Gasteiger partial charge in [-0.1, -0.05) is 72.9 Å². The van der Waals surface area contributed by atoms with Crippen molar-refractivity contribution in [3.05, 3.63) is 62.9 Å². The van der Waals surface area contributed by atoms with Gasteiger partial charge in [-0.15, -0.1) is 10.2 Å². The maximum Gasteiger partial charge on any atom is 0.234 e. The van der Waals surface area contributed by atoms with Crippen molar-refractivity contribution in [2.45, 2.75) is 90.4 Å². The second kappa shape index (κ2) is 12.5. The quantitative estimate of drug-likeness (QED) is 0.259. The molecule has 1 fully saturated rings. The minimum Gasteiger partial charge on any atom is -0.485 e. The molecule has 0 radical (unpaired) electrons. The van der Waals surface area contributed by atoms with Crippen LogP contribution in [0.5, 0.6) is 5.75 Å². The van der Waals surface area contributed by atoms with Crippen molar-refractivity contribution in [3.63, 3.8) is 0 Å². The molecule has 0 unspecified atom stereocenters. The molecule has 0 bridgehead atoms. The van der Waals surface area contributed by atoms with Crippen molar-refractivity contribution in [2.24, 2.45) is 0 Å². The smallest absolute Gasteiger partial charge is 0.234 e. The number of aryl methyl sites for hydroxylation is 2. The summed E-state index contributed by atoms with van der Waals surface area (Å²) in [6.45, 7) is 10.8. The summed E-state index contributed by atoms with van der Waals surface area (Å²) in [5.41, 5.74) is 5.42. The number of thioether (sulfide) groups is 1. The van der Waals surface area contributed by atoms with Gasteiger partial charge in [0.15, 0.2) is 11.0 Å². The molecule has 1 saturated carbocycles. The van der Waals surface area contributed by atoms with Crippen LogP contribution in [0.2, 0.25) is 0 Å². The van der Waals surface area contributed by atoms with Crippen molar-refractivity contribution < 1.29 is 9.53 Å². The van der Waals surface area contributed by atoms with Crippen LogP contribution in [0.25, 0.3) is 0 Å². The summed E-state index contributed by atoms with van der Waals surface area (Å²) in [6, 6.07) is 10.5. The van der Waals surface area contributed by atoms with Crippen LogP contribution in [0, 0.1) is 20.8 Å². The average molecular weight is 586 g/mol. The molecule has 1 N–H and O–H groups in total. The number of nitrogens with one attached hydrogen (secondary N) is 1. The lowest BCUT2D eigenvalue weighted by atomic mass is 9.95.